The number of rotatable bonds is 4. The van der Waals surface area contributed by atoms with Gasteiger partial charge in [-0.1, -0.05) is 26.7 Å². The molecule has 1 saturated heterocycles. The standard InChI is InChI=1S/C12H23NO2/c1-10(2)11(9-12(14)15)13-7-5-3-4-6-8-13/h10-11H,3-9H2,1-2H3,(H,14,15). The van der Waals surface area contributed by atoms with Crippen molar-refractivity contribution >= 4 is 5.97 Å². The molecule has 15 heavy (non-hydrogen) atoms. The highest BCUT2D eigenvalue weighted by Gasteiger charge is 2.24. The normalized spacial score (nSPS) is 21.3. The molecular weight excluding hydrogens is 190 g/mol. The summed E-state index contributed by atoms with van der Waals surface area (Å²) in [6, 6.07) is 0.223. The Morgan fingerprint density at radius 2 is 1.73 bits per heavy atom. The highest BCUT2D eigenvalue weighted by molar-refractivity contribution is 5.67. The van der Waals surface area contributed by atoms with Gasteiger partial charge in [0.05, 0.1) is 6.42 Å². The molecule has 0 radical (unpaired) electrons. The summed E-state index contributed by atoms with van der Waals surface area (Å²) < 4.78 is 0. The minimum absolute atomic E-state index is 0.223. The van der Waals surface area contributed by atoms with Gasteiger partial charge in [0, 0.05) is 6.04 Å². The van der Waals surface area contributed by atoms with Crippen LogP contribution in [0.15, 0.2) is 0 Å². The predicted molar refractivity (Wildman–Crippen MR) is 60.9 cm³/mol. The largest absolute Gasteiger partial charge is 0.481 e. The first-order valence-corrected chi connectivity index (χ1v) is 6.07. The molecule has 1 atom stereocenters. The van der Waals surface area contributed by atoms with Crippen molar-refractivity contribution in [3.63, 3.8) is 0 Å². The van der Waals surface area contributed by atoms with Crippen LogP contribution in [0.2, 0.25) is 0 Å². The van der Waals surface area contributed by atoms with Crippen LogP contribution in [0.5, 0.6) is 0 Å². The Labute approximate surface area is 92.5 Å². The summed E-state index contributed by atoms with van der Waals surface area (Å²) in [6.45, 7) is 6.41. The molecule has 0 aliphatic carbocycles. The average molecular weight is 213 g/mol. The van der Waals surface area contributed by atoms with Gasteiger partial charge in [-0.3, -0.25) is 9.69 Å². The molecular formula is C12H23NO2. The first-order chi connectivity index (χ1) is 7.11. The molecule has 1 rings (SSSR count). The fourth-order valence-corrected chi connectivity index (χ4v) is 2.39. The molecule has 0 aromatic heterocycles. The smallest absolute Gasteiger partial charge is 0.304 e. The zero-order valence-corrected chi connectivity index (χ0v) is 9.91. The van der Waals surface area contributed by atoms with Crippen molar-refractivity contribution in [1.29, 1.82) is 0 Å². The summed E-state index contributed by atoms with van der Waals surface area (Å²) >= 11 is 0. The van der Waals surface area contributed by atoms with E-state index in [1.54, 1.807) is 0 Å². The van der Waals surface area contributed by atoms with Crippen molar-refractivity contribution in [3.05, 3.63) is 0 Å². The summed E-state index contributed by atoms with van der Waals surface area (Å²) in [5.41, 5.74) is 0. The fourth-order valence-electron chi connectivity index (χ4n) is 2.39. The quantitative estimate of drug-likeness (QED) is 0.779. The maximum atomic E-state index is 10.8. The molecule has 1 N–H and O–H groups in total. The molecule has 88 valence electrons. The molecule has 0 amide bonds. The van der Waals surface area contributed by atoms with E-state index >= 15 is 0 Å². The highest BCUT2D eigenvalue weighted by Crippen LogP contribution is 2.19. The van der Waals surface area contributed by atoms with E-state index in [0.29, 0.717) is 5.92 Å². The summed E-state index contributed by atoms with van der Waals surface area (Å²) in [4.78, 5) is 13.2. The van der Waals surface area contributed by atoms with Crippen LogP contribution >= 0.6 is 0 Å². The van der Waals surface area contributed by atoms with Gasteiger partial charge in [-0.2, -0.15) is 0 Å². The average Bonchev–Trinajstić information content (AvgIpc) is 2.41. The summed E-state index contributed by atoms with van der Waals surface area (Å²) in [6.07, 6.45) is 5.34. The monoisotopic (exact) mass is 213 g/mol. The zero-order chi connectivity index (χ0) is 11.3. The second-order valence-corrected chi connectivity index (χ2v) is 4.86. The number of aliphatic carboxylic acids is 1. The van der Waals surface area contributed by atoms with Crippen molar-refractivity contribution in [2.45, 2.75) is 52.0 Å². The van der Waals surface area contributed by atoms with E-state index in [1.807, 2.05) is 0 Å². The highest BCUT2D eigenvalue weighted by atomic mass is 16.4. The Kier molecular flexibility index (Phi) is 5.09. The van der Waals surface area contributed by atoms with E-state index in [0.717, 1.165) is 13.1 Å². The Bertz CT molecular complexity index is 196. The lowest BCUT2D eigenvalue weighted by Crippen LogP contribution is -2.41. The van der Waals surface area contributed by atoms with E-state index in [1.165, 1.54) is 25.7 Å². The Morgan fingerprint density at radius 3 is 2.13 bits per heavy atom. The van der Waals surface area contributed by atoms with Crippen LogP contribution in [-0.2, 0) is 4.79 Å². The summed E-state index contributed by atoms with van der Waals surface area (Å²) in [5.74, 6) is -0.239. The molecule has 0 bridgehead atoms. The third-order valence-corrected chi connectivity index (χ3v) is 3.26. The van der Waals surface area contributed by atoms with Crippen molar-refractivity contribution in [3.8, 4) is 0 Å². The second-order valence-electron chi connectivity index (χ2n) is 4.86. The first kappa shape index (κ1) is 12.5. The van der Waals surface area contributed by atoms with Gasteiger partial charge in [0.1, 0.15) is 0 Å². The van der Waals surface area contributed by atoms with Gasteiger partial charge in [-0.05, 0) is 31.8 Å². The van der Waals surface area contributed by atoms with Crippen LogP contribution in [-0.4, -0.2) is 35.1 Å². The number of carboxylic acids is 1. The van der Waals surface area contributed by atoms with Gasteiger partial charge in [-0.15, -0.1) is 0 Å². The number of hydrogen-bond donors (Lipinski definition) is 1. The predicted octanol–water partition coefficient (Wildman–Crippen LogP) is 2.36. The molecule has 1 unspecified atom stereocenters. The second kappa shape index (κ2) is 6.11. The van der Waals surface area contributed by atoms with Crippen molar-refractivity contribution in [1.82, 2.24) is 4.90 Å². The van der Waals surface area contributed by atoms with Gasteiger partial charge in [0.2, 0.25) is 0 Å². The molecule has 1 fully saturated rings. The van der Waals surface area contributed by atoms with Crippen LogP contribution in [0.25, 0.3) is 0 Å². The number of likely N-dealkylation sites (tertiary alicyclic amines) is 1. The topological polar surface area (TPSA) is 40.5 Å². The molecule has 0 saturated carbocycles. The van der Waals surface area contributed by atoms with Crippen LogP contribution in [0.3, 0.4) is 0 Å². The lowest BCUT2D eigenvalue weighted by molar-refractivity contribution is -0.138. The number of hydrogen-bond acceptors (Lipinski definition) is 2. The molecule has 3 heteroatoms. The van der Waals surface area contributed by atoms with Gasteiger partial charge in [0.15, 0.2) is 0 Å². The minimum Gasteiger partial charge on any atom is -0.481 e. The molecule has 3 nitrogen and oxygen atoms in total. The van der Waals surface area contributed by atoms with Crippen LogP contribution in [0.4, 0.5) is 0 Å². The lowest BCUT2D eigenvalue weighted by Gasteiger charge is -2.32. The van der Waals surface area contributed by atoms with E-state index in [2.05, 4.69) is 18.7 Å². The third kappa shape index (κ3) is 4.20. The van der Waals surface area contributed by atoms with E-state index in [-0.39, 0.29) is 12.5 Å². The first-order valence-electron chi connectivity index (χ1n) is 6.07. The summed E-state index contributed by atoms with van der Waals surface area (Å²) in [7, 11) is 0. The molecule has 0 aromatic rings. The van der Waals surface area contributed by atoms with Crippen LogP contribution in [0, 0.1) is 5.92 Å². The molecule has 1 heterocycles. The molecule has 0 spiro atoms. The summed E-state index contributed by atoms with van der Waals surface area (Å²) in [5, 5.41) is 8.91. The molecule has 1 aliphatic rings. The Morgan fingerprint density at radius 1 is 1.20 bits per heavy atom. The van der Waals surface area contributed by atoms with Gasteiger partial charge < -0.3 is 5.11 Å². The number of nitrogens with zero attached hydrogens (tertiary/aromatic N) is 1. The van der Waals surface area contributed by atoms with Crippen LogP contribution in [0.1, 0.15) is 46.0 Å². The van der Waals surface area contributed by atoms with E-state index in [9.17, 15) is 4.79 Å². The molecule has 1 aliphatic heterocycles. The minimum atomic E-state index is -0.669. The lowest BCUT2D eigenvalue weighted by atomic mass is 9.99. The SMILES string of the molecule is CC(C)C(CC(=O)O)N1CCCCCC1. The van der Waals surface area contributed by atoms with Crippen molar-refractivity contribution in [2.75, 3.05) is 13.1 Å². The van der Waals surface area contributed by atoms with Gasteiger partial charge in [0.25, 0.3) is 0 Å². The maximum absolute atomic E-state index is 10.8. The maximum Gasteiger partial charge on any atom is 0.304 e. The number of carbonyl (C=O) groups is 1. The van der Waals surface area contributed by atoms with E-state index < -0.39 is 5.97 Å². The van der Waals surface area contributed by atoms with Crippen molar-refractivity contribution < 1.29 is 9.90 Å². The number of carboxylic acid groups (broad SMARTS) is 1. The Hall–Kier alpha value is -0.570. The van der Waals surface area contributed by atoms with Crippen molar-refractivity contribution in [2.24, 2.45) is 5.92 Å². The van der Waals surface area contributed by atoms with Gasteiger partial charge in [-0.25, -0.2) is 0 Å². The zero-order valence-electron chi connectivity index (χ0n) is 9.91. The van der Waals surface area contributed by atoms with E-state index in [4.69, 9.17) is 5.11 Å². The van der Waals surface area contributed by atoms with Gasteiger partial charge >= 0.3 is 5.97 Å². The fraction of sp³-hybridized carbons (Fsp3) is 0.917. The Balaban J connectivity index is 2.55. The third-order valence-electron chi connectivity index (χ3n) is 3.26. The van der Waals surface area contributed by atoms with Crippen LogP contribution < -0.4 is 0 Å². The molecule has 0 aromatic carbocycles.